The van der Waals surface area contributed by atoms with Gasteiger partial charge in [-0.05, 0) is 30.3 Å². The summed E-state index contributed by atoms with van der Waals surface area (Å²) in [4.78, 5) is 4.29. The lowest BCUT2D eigenvalue weighted by atomic mass is 10.1. The summed E-state index contributed by atoms with van der Waals surface area (Å²) in [7, 11) is -3.38. The van der Waals surface area contributed by atoms with E-state index in [9.17, 15) is 26.0 Å². The van der Waals surface area contributed by atoms with Crippen LogP contribution in [-0.2, 0) is 16.2 Å². The molecule has 0 aliphatic rings. The number of anilines is 3. The van der Waals surface area contributed by atoms with Crippen LogP contribution in [0.3, 0.4) is 0 Å². The first-order chi connectivity index (χ1) is 13.0. The van der Waals surface area contributed by atoms with Gasteiger partial charge in [-0.3, -0.25) is 4.72 Å². The Morgan fingerprint density at radius 3 is 2.29 bits per heavy atom. The summed E-state index contributed by atoms with van der Waals surface area (Å²) in [6.45, 7) is 0. The lowest BCUT2D eigenvalue weighted by Gasteiger charge is -2.10. The Hall–Kier alpha value is -2.66. The van der Waals surface area contributed by atoms with Crippen LogP contribution in [0, 0.1) is 5.82 Å². The third kappa shape index (κ3) is 4.98. The van der Waals surface area contributed by atoms with Crippen molar-refractivity contribution in [3.8, 4) is 11.3 Å². The van der Waals surface area contributed by atoms with Crippen molar-refractivity contribution in [1.82, 2.24) is 4.98 Å². The van der Waals surface area contributed by atoms with Crippen molar-refractivity contribution in [2.24, 2.45) is 0 Å². The highest BCUT2D eigenvalue weighted by molar-refractivity contribution is 7.92. The first-order valence-electron chi connectivity index (χ1n) is 7.69. The molecule has 1 heterocycles. The van der Waals surface area contributed by atoms with Crippen molar-refractivity contribution in [3.63, 3.8) is 0 Å². The predicted octanol–water partition coefficient (Wildman–Crippen LogP) is 5.08. The van der Waals surface area contributed by atoms with Crippen LogP contribution in [0.25, 0.3) is 11.3 Å². The third-order valence-electron chi connectivity index (χ3n) is 3.51. The van der Waals surface area contributed by atoms with Crippen LogP contribution >= 0.6 is 11.3 Å². The summed E-state index contributed by atoms with van der Waals surface area (Å²) < 4.78 is 76.5. The molecule has 2 N–H and O–H groups in total. The zero-order chi connectivity index (χ0) is 20.5. The van der Waals surface area contributed by atoms with Gasteiger partial charge in [0.1, 0.15) is 5.82 Å². The molecule has 0 bridgehead atoms. The van der Waals surface area contributed by atoms with Gasteiger partial charge >= 0.3 is 6.18 Å². The molecule has 0 aliphatic carbocycles. The zero-order valence-corrected chi connectivity index (χ0v) is 15.8. The molecule has 0 aliphatic heterocycles. The van der Waals surface area contributed by atoms with E-state index in [4.69, 9.17) is 0 Å². The molecule has 0 spiro atoms. The summed E-state index contributed by atoms with van der Waals surface area (Å²) in [6.07, 6.45) is -3.75. The number of sulfonamides is 1. The molecule has 3 aromatic rings. The Morgan fingerprint density at radius 2 is 1.68 bits per heavy atom. The second kappa shape index (κ2) is 7.40. The van der Waals surface area contributed by atoms with E-state index in [1.165, 1.54) is 6.07 Å². The second-order valence-electron chi connectivity index (χ2n) is 5.81. The molecule has 1 aromatic heterocycles. The maximum atomic E-state index is 13.4. The van der Waals surface area contributed by atoms with Crippen LogP contribution < -0.4 is 10.0 Å². The number of hydrogen-bond acceptors (Lipinski definition) is 5. The van der Waals surface area contributed by atoms with Gasteiger partial charge in [0.2, 0.25) is 10.0 Å². The Kier molecular flexibility index (Phi) is 5.31. The highest BCUT2D eigenvalue weighted by Crippen LogP contribution is 2.34. The van der Waals surface area contributed by atoms with Crippen molar-refractivity contribution in [1.29, 1.82) is 0 Å². The van der Waals surface area contributed by atoms with Crippen LogP contribution in [0.2, 0.25) is 0 Å². The number of halogens is 4. The highest BCUT2D eigenvalue weighted by Gasteiger charge is 2.34. The molecule has 0 unspecified atom stereocenters. The van der Waals surface area contributed by atoms with Crippen LogP contribution in [0.15, 0.2) is 47.8 Å². The molecular weight excluding hydrogens is 418 g/mol. The number of benzene rings is 2. The van der Waals surface area contributed by atoms with Gasteiger partial charge in [0.15, 0.2) is 5.13 Å². The normalized spacial score (nSPS) is 12.0. The van der Waals surface area contributed by atoms with Crippen LogP contribution in [0.5, 0.6) is 0 Å². The fourth-order valence-corrected chi connectivity index (χ4v) is 3.63. The second-order valence-corrected chi connectivity index (χ2v) is 8.41. The smallest absolute Gasteiger partial charge is 0.332 e. The molecule has 28 heavy (non-hydrogen) atoms. The monoisotopic (exact) mass is 431 g/mol. The topological polar surface area (TPSA) is 71.1 Å². The standard InChI is InChI=1S/C17H13F4N3O2S2/c1-28(25,26)24-11-4-2-10(3-5-11)15-9-27-16(23-15)22-12-6-7-14(18)13(8-12)17(19,20)21/h2-9,24H,1H3,(H,22,23). The molecule has 0 atom stereocenters. The maximum Gasteiger partial charge on any atom is 0.419 e. The minimum Gasteiger partial charge on any atom is -0.332 e. The number of rotatable bonds is 5. The van der Waals surface area contributed by atoms with Gasteiger partial charge in [-0.15, -0.1) is 11.3 Å². The van der Waals surface area contributed by atoms with E-state index in [0.717, 1.165) is 23.7 Å². The van der Waals surface area contributed by atoms with E-state index in [-0.39, 0.29) is 5.69 Å². The molecule has 0 fully saturated rings. The van der Waals surface area contributed by atoms with Crippen molar-refractivity contribution in [2.75, 3.05) is 16.3 Å². The molecular formula is C17H13F4N3O2S2. The number of nitrogens with one attached hydrogen (secondary N) is 2. The van der Waals surface area contributed by atoms with Crippen LogP contribution in [-0.4, -0.2) is 19.7 Å². The summed E-state index contributed by atoms with van der Waals surface area (Å²) in [5.74, 6) is -1.35. The summed E-state index contributed by atoms with van der Waals surface area (Å²) in [5, 5.41) is 4.74. The van der Waals surface area contributed by atoms with E-state index < -0.39 is 27.6 Å². The van der Waals surface area contributed by atoms with E-state index in [0.29, 0.717) is 28.1 Å². The molecule has 3 rings (SSSR count). The maximum absolute atomic E-state index is 13.4. The van der Waals surface area contributed by atoms with Crippen molar-refractivity contribution < 1.29 is 26.0 Å². The Balaban J connectivity index is 1.78. The number of aromatic nitrogens is 1. The lowest BCUT2D eigenvalue weighted by molar-refractivity contribution is -0.139. The third-order valence-corrected chi connectivity index (χ3v) is 4.88. The predicted molar refractivity (Wildman–Crippen MR) is 101 cm³/mol. The first kappa shape index (κ1) is 20.1. The van der Waals surface area contributed by atoms with Gasteiger partial charge < -0.3 is 5.32 Å². The molecule has 5 nitrogen and oxygen atoms in total. The molecule has 11 heteroatoms. The largest absolute Gasteiger partial charge is 0.419 e. The van der Waals surface area contributed by atoms with Gasteiger partial charge in [0.25, 0.3) is 0 Å². The quantitative estimate of drug-likeness (QED) is 0.553. The fraction of sp³-hybridized carbons (Fsp3) is 0.118. The van der Waals surface area contributed by atoms with Gasteiger partial charge in [-0.2, -0.15) is 13.2 Å². The van der Waals surface area contributed by atoms with Crippen molar-refractivity contribution in [3.05, 3.63) is 59.2 Å². The summed E-state index contributed by atoms with van der Waals surface area (Å²) >= 11 is 1.16. The molecule has 148 valence electrons. The summed E-state index contributed by atoms with van der Waals surface area (Å²) in [6, 6.07) is 9.07. The van der Waals surface area contributed by atoms with Crippen molar-refractivity contribution >= 4 is 37.9 Å². The molecule has 0 radical (unpaired) electrons. The lowest BCUT2D eigenvalue weighted by Crippen LogP contribution is -2.09. The summed E-state index contributed by atoms with van der Waals surface area (Å²) in [5.41, 5.74) is 0.339. The van der Waals surface area contributed by atoms with E-state index in [2.05, 4.69) is 15.0 Å². The van der Waals surface area contributed by atoms with Gasteiger partial charge in [0.05, 0.1) is 17.5 Å². The molecule has 0 saturated carbocycles. The molecule has 0 amide bonds. The van der Waals surface area contributed by atoms with E-state index in [1.54, 1.807) is 29.6 Å². The molecule has 0 saturated heterocycles. The Morgan fingerprint density at radius 1 is 1.04 bits per heavy atom. The van der Waals surface area contributed by atoms with E-state index >= 15 is 0 Å². The number of alkyl halides is 3. The Labute approximate surface area is 162 Å². The fourth-order valence-electron chi connectivity index (χ4n) is 2.33. The average molecular weight is 431 g/mol. The van der Waals surface area contributed by atoms with Gasteiger partial charge in [-0.25, -0.2) is 17.8 Å². The highest BCUT2D eigenvalue weighted by atomic mass is 32.2. The van der Waals surface area contributed by atoms with Crippen molar-refractivity contribution in [2.45, 2.75) is 6.18 Å². The minimum atomic E-state index is -4.79. The number of nitrogens with zero attached hydrogens (tertiary/aromatic N) is 1. The minimum absolute atomic E-state index is 0.0577. The zero-order valence-electron chi connectivity index (χ0n) is 14.2. The average Bonchev–Trinajstić information content (AvgIpc) is 3.03. The SMILES string of the molecule is CS(=O)(=O)Nc1ccc(-c2csc(Nc3ccc(F)c(C(F)(F)F)c3)n2)cc1. The molecule has 2 aromatic carbocycles. The van der Waals surface area contributed by atoms with Gasteiger partial charge in [0, 0.05) is 22.3 Å². The van der Waals surface area contributed by atoms with Gasteiger partial charge in [-0.1, -0.05) is 12.1 Å². The van der Waals surface area contributed by atoms with Crippen LogP contribution in [0.1, 0.15) is 5.56 Å². The number of hydrogen-bond donors (Lipinski definition) is 2. The van der Waals surface area contributed by atoms with E-state index in [1.807, 2.05) is 0 Å². The Bertz CT molecular complexity index is 1090. The number of thiazole rings is 1. The van der Waals surface area contributed by atoms with Crippen LogP contribution in [0.4, 0.5) is 34.1 Å². The first-order valence-corrected chi connectivity index (χ1v) is 10.5.